The van der Waals surface area contributed by atoms with E-state index in [1.165, 1.54) is 11.1 Å². The summed E-state index contributed by atoms with van der Waals surface area (Å²) in [6.45, 7) is 3.65. The Morgan fingerprint density at radius 2 is 1.85 bits per heavy atom. The number of imide groups is 1. The first-order chi connectivity index (χ1) is 26.1. The monoisotopic (exact) mass is 770 g/mol. The van der Waals surface area contributed by atoms with E-state index in [1.807, 2.05) is 22.5 Å². The van der Waals surface area contributed by atoms with Crippen LogP contribution >= 0.6 is 11.6 Å². The van der Waals surface area contributed by atoms with Crippen LogP contribution in [-0.4, -0.2) is 105 Å². The molecule has 6 N–H and O–H groups in total. The highest BCUT2D eigenvalue weighted by molar-refractivity contribution is 7.82. The van der Waals surface area contributed by atoms with Crippen molar-refractivity contribution in [1.82, 2.24) is 29.4 Å². The minimum absolute atomic E-state index is 0.0473. The number of carbonyl (C=O) groups excluding carboxylic acids is 2. The molecule has 15 nitrogen and oxygen atoms in total. The van der Waals surface area contributed by atoms with E-state index in [0.717, 1.165) is 55.6 Å². The van der Waals surface area contributed by atoms with Gasteiger partial charge in [0.25, 0.3) is 0 Å². The van der Waals surface area contributed by atoms with E-state index in [2.05, 4.69) is 41.9 Å². The van der Waals surface area contributed by atoms with Crippen LogP contribution in [0, 0.1) is 16.7 Å². The number of benzene rings is 2. The van der Waals surface area contributed by atoms with Gasteiger partial charge in [-0.15, -0.1) is 0 Å². The Hall–Kier alpha value is -5.21. The standard InChI is InChI=1S/C37H43ClN12O3S/c1-42-33-16-26(3-5-31(33)35(41)50-15-10-34(51)47-37(50)52)25-6-11-48(12-7-25)23-24(18-39)20-43-32-17-30(4-2-27(32)19-40)54(53)49-13-8-29(9-14-49)46-36-44-21-28(38)22-45-36/h2-5,16-18,20-22,25,29,41-42H,6-15,23,39H2,1H3,(H,44,45,46)(H,47,51,52)/b24-18+,41-35?,43-20?. The van der Waals surface area contributed by atoms with Crippen LogP contribution in [0.15, 0.2) is 70.5 Å². The highest BCUT2D eigenvalue weighted by Crippen LogP contribution is 2.32. The van der Waals surface area contributed by atoms with E-state index < -0.39 is 17.0 Å². The van der Waals surface area contributed by atoms with E-state index in [4.69, 9.17) is 22.7 Å². The number of nitrogens with zero attached hydrogens (tertiary/aromatic N) is 7. The molecule has 1 aromatic heterocycles. The number of hydrogen-bond donors (Lipinski definition) is 5. The molecule has 54 heavy (non-hydrogen) atoms. The van der Waals surface area contributed by atoms with E-state index >= 15 is 0 Å². The molecule has 17 heteroatoms. The van der Waals surface area contributed by atoms with Crippen molar-refractivity contribution in [2.24, 2.45) is 10.7 Å². The molecular formula is C37H43ClN12O3S. The van der Waals surface area contributed by atoms with Gasteiger partial charge >= 0.3 is 6.03 Å². The Bertz CT molecular complexity index is 2000. The number of halogens is 1. The Morgan fingerprint density at radius 3 is 2.52 bits per heavy atom. The largest absolute Gasteiger partial charge is 0.404 e. The predicted octanol–water partition coefficient (Wildman–Crippen LogP) is 4.33. The first-order valence-electron chi connectivity index (χ1n) is 17.8. The lowest BCUT2D eigenvalue weighted by Crippen LogP contribution is -2.52. The molecule has 4 heterocycles. The Labute approximate surface area is 321 Å². The van der Waals surface area contributed by atoms with Crippen molar-refractivity contribution in [3.63, 3.8) is 0 Å². The number of likely N-dealkylation sites (tertiary alicyclic amines) is 1. The molecule has 282 valence electrons. The second-order valence-electron chi connectivity index (χ2n) is 13.3. The number of carbonyl (C=O) groups is 2. The molecule has 0 bridgehead atoms. The maximum Gasteiger partial charge on any atom is 0.329 e. The smallest absolute Gasteiger partial charge is 0.329 e. The number of urea groups is 1. The van der Waals surface area contributed by atoms with E-state index in [1.54, 1.807) is 43.9 Å². The zero-order valence-corrected chi connectivity index (χ0v) is 31.5. The van der Waals surface area contributed by atoms with Crippen LogP contribution in [-0.2, 0) is 15.8 Å². The molecule has 0 radical (unpaired) electrons. The summed E-state index contributed by atoms with van der Waals surface area (Å²) in [6.07, 6.45) is 9.83. The number of aromatic nitrogens is 2. The first kappa shape index (κ1) is 38.5. The summed E-state index contributed by atoms with van der Waals surface area (Å²) in [5.41, 5.74) is 10.1. The number of amidine groups is 1. The second kappa shape index (κ2) is 17.7. The Kier molecular flexibility index (Phi) is 12.7. The van der Waals surface area contributed by atoms with Gasteiger partial charge in [-0.1, -0.05) is 17.7 Å². The molecule has 1 atom stereocenters. The predicted molar refractivity (Wildman–Crippen MR) is 209 cm³/mol. The summed E-state index contributed by atoms with van der Waals surface area (Å²) in [5, 5.41) is 27.7. The summed E-state index contributed by atoms with van der Waals surface area (Å²) < 4.78 is 15.5. The van der Waals surface area contributed by atoms with Crippen LogP contribution in [0.1, 0.15) is 54.7 Å². The van der Waals surface area contributed by atoms with Gasteiger partial charge in [-0.2, -0.15) is 5.26 Å². The van der Waals surface area contributed by atoms with Crippen LogP contribution in [0.5, 0.6) is 0 Å². The van der Waals surface area contributed by atoms with Gasteiger partial charge < -0.3 is 16.4 Å². The van der Waals surface area contributed by atoms with Crippen LogP contribution in [0.25, 0.3) is 0 Å². The van der Waals surface area contributed by atoms with Crippen molar-refractivity contribution in [1.29, 1.82) is 10.7 Å². The third kappa shape index (κ3) is 9.29. The van der Waals surface area contributed by atoms with Gasteiger partial charge in [0, 0.05) is 63.2 Å². The van der Waals surface area contributed by atoms with Crippen molar-refractivity contribution in [3.05, 3.63) is 82.3 Å². The van der Waals surface area contributed by atoms with Gasteiger partial charge in [0.2, 0.25) is 11.9 Å². The van der Waals surface area contributed by atoms with E-state index in [9.17, 15) is 19.1 Å². The van der Waals surface area contributed by atoms with Gasteiger partial charge in [-0.05, 0) is 92.4 Å². The molecule has 0 saturated carbocycles. The van der Waals surface area contributed by atoms with E-state index in [-0.39, 0.29) is 30.8 Å². The number of nitrogens with two attached hydrogens (primary N) is 1. The fraction of sp³-hybridized carbons (Fsp3) is 0.378. The molecule has 3 aliphatic heterocycles. The number of piperidine rings is 2. The molecule has 3 fully saturated rings. The van der Waals surface area contributed by atoms with Crippen molar-refractivity contribution < 1.29 is 13.8 Å². The molecule has 2 aromatic carbocycles. The van der Waals surface area contributed by atoms with Gasteiger partial charge in [-0.25, -0.2) is 23.3 Å². The van der Waals surface area contributed by atoms with Gasteiger partial charge in [0.05, 0.1) is 33.6 Å². The van der Waals surface area contributed by atoms with Crippen molar-refractivity contribution in [2.75, 3.05) is 56.9 Å². The van der Waals surface area contributed by atoms with Crippen LogP contribution in [0.4, 0.5) is 22.1 Å². The fourth-order valence-corrected chi connectivity index (χ4v) is 8.16. The summed E-state index contributed by atoms with van der Waals surface area (Å²) in [5.74, 6) is 0.540. The van der Waals surface area contributed by atoms with Crippen molar-refractivity contribution in [2.45, 2.75) is 49.0 Å². The second-order valence-corrected chi connectivity index (χ2v) is 15.2. The molecule has 3 aromatic rings. The molecule has 3 aliphatic rings. The third-order valence-electron chi connectivity index (χ3n) is 9.87. The molecule has 3 saturated heterocycles. The van der Waals surface area contributed by atoms with Gasteiger partial charge in [0.15, 0.2) is 0 Å². The fourth-order valence-electron chi connectivity index (χ4n) is 6.83. The SMILES string of the molecule is CNc1cc(C2CCN(C/C(C=Nc3cc(S(=O)N4CCC(Nc5ncc(Cl)cn5)CC4)ccc3C#N)=C/N)CC2)ccc1C(=N)N1CCC(=O)NC1=O. The minimum atomic E-state index is -1.42. The Morgan fingerprint density at radius 1 is 1.11 bits per heavy atom. The van der Waals surface area contributed by atoms with Crippen LogP contribution in [0.3, 0.4) is 0 Å². The maximum absolute atomic E-state index is 13.6. The zero-order chi connectivity index (χ0) is 38.2. The average Bonchev–Trinajstić information content (AvgIpc) is 3.20. The molecular weight excluding hydrogens is 728 g/mol. The molecule has 6 rings (SSSR count). The van der Waals surface area contributed by atoms with Gasteiger partial charge in [-0.3, -0.25) is 30.3 Å². The highest BCUT2D eigenvalue weighted by atomic mass is 35.5. The number of nitrogens with one attached hydrogen (secondary N) is 4. The lowest BCUT2D eigenvalue weighted by molar-refractivity contribution is -0.121. The highest BCUT2D eigenvalue weighted by Gasteiger charge is 2.29. The molecule has 0 spiro atoms. The quantitative estimate of drug-likeness (QED) is 0.138. The van der Waals surface area contributed by atoms with Crippen LogP contribution in [0.2, 0.25) is 5.02 Å². The van der Waals surface area contributed by atoms with Gasteiger partial charge in [0.1, 0.15) is 22.9 Å². The molecule has 1 unspecified atom stereocenters. The van der Waals surface area contributed by atoms with Crippen molar-refractivity contribution >= 4 is 63.9 Å². The number of nitriles is 1. The summed E-state index contributed by atoms with van der Waals surface area (Å²) in [7, 11) is 0.366. The van der Waals surface area contributed by atoms with Crippen molar-refractivity contribution in [3.8, 4) is 6.07 Å². The zero-order valence-electron chi connectivity index (χ0n) is 29.9. The molecule has 3 amide bonds. The number of aliphatic imine (C=N–C) groups is 1. The van der Waals surface area contributed by atoms with Crippen LogP contribution < -0.4 is 21.7 Å². The lowest BCUT2D eigenvalue weighted by atomic mass is 9.88. The minimum Gasteiger partial charge on any atom is -0.404 e. The lowest BCUT2D eigenvalue weighted by Gasteiger charge is -2.33. The number of anilines is 2. The number of amides is 3. The molecule has 0 aliphatic carbocycles. The number of rotatable bonds is 11. The Balaban J connectivity index is 1.02. The normalized spacial score (nSPS) is 18.7. The van der Waals surface area contributed by atoms with E-state index in [0.29, 0.717) is 58.2 Å². The summed E-state index contributed by atoms with van der Waals surface area (Å²) in [4.78, 5) is 41.1. The summed E-state index contributed by atoms with van der Waals surface area (Å²) in [6, 6.07) is 12.8. The number of hydrogen-bond acceptors (Lipinski definition) is 12. The maximum atomic E-state index is 13.6. The topological polar surface area (TPSA) is 209 Å². The first-order valence-corrected chi connectivity index (χ1v) is 19.3. The summed E-state index contributed by atoms with van der Waals surface area (Å²) >= 11 is 5.89. The third-order valence-corrected chi connectivity index (χ3v) is 11.6. The average molecular weight is 771 g/mol.